The average molecular weight is 441 g/mol. The zero-order valence-electron chi connectivity index (χ0n) is 18.5. The Morgan fingerprint density at radius 1 is 0.879 bits per heavy atom. The van der Waals surface area contributed by atoms with Gasteiger partial charge in [0.2, 0.25) is 5.91 Å². The molecule has 0 aliphatic carbocycles. The molecule has 3 aromatic carbocycles. The van der Waals surface area contributed by atoms with Crippen LogP contribution in [0.2, 0.25) is 0 Å². The van der Waals surface area contributed by atoms with E-state index < -0.39 is 0 Å². The van der Waals surface area contributed by atoms with E-state index in [9.17, 15) is 9.59 Å². The summed E-state index contributed by atoms with van der Waals surface area (Å²) in [4.78, 5) is 30.1. The normalized spacial score (nSPS) is 15.0. The van der Waals surface area contributed by atoms with Crippen LogP contribution in [0.5, 0.6) is 0 Å². The quantitative estimate of drug-likeness (QED) is 0.472. The van der Waals surface area contributed by atoms with E-state index >= 15 is 0 Å². The van der Waals surface area contributed by atoms with Crippen molar-refractivity contribution in [3.63, 3.8) is 0 Å². The minimum absolute atomic E-state index is 0.00600. The van der Waals surface area contributed by atoms with E-state index in [1.54, 1.807) is 0 Å². The lowest BCUT2D eigenvalue weighted by molar-refractivity contribution is -0.117. The first-order valence-electron chi connectivity index (χ1n) is 11.5. The molecule has 4 aromatic rings. The summed E-state index contributed by atoms with van der Waals surface area (Å²) in [5, 5.41) is 3.01. The molecule has 168 valence electrons. The summed E-state index contributed by atoms with van der Waals surface area (Å²) in [5.74, 6) is -0.00600. The maximum absolute atomic E-state index is 12.6. The molecule has 6 nitrogen and oxygen atoms in total. The molecule has 1 fully saturated rings. The third-order valence-electron chi connectivity index (χ3n) is 6.40. The molecule has 0 radical (unpaired) electrons. The van der Waals surface area contributed by atoms with Gasteiger partial charge in [-0.15, -0.1) is 0 Å². The minimum Gasteiger partial charge on any atom is -0.325 e. The lowest BCUT2D eigenvalue weighted by atomic mass is 10.0. The fraction of sp³-hybridized carbons (Fsp3) is 0.259. The number of anilines is 1. The Morgan fingerprint density at radius 3 is 2.30 bits per heavy atom. The fourth-order valence-electron chi connectivity index (χ4n) is 4.71. The largest absolute Gasteiger partial charge is 0.326 e. The van der Waals surface area contributed by atoms with Gasteiger partial charge >= 0.3 is 5.69 Å². The molecule has 1 saturated heterocycles. The third kappa shape index (κ3) is 4.91. The van der Waals surface area contributed by atoms with E-state index in [-0.39, 0.29) is 17.6 Å². The van der Waals surface area contributed by atoms with E-state index in [0.717, 1.165) is 49.1 Å². The smallest absolute Gasteiger partial charge is 0.325 e. The number of carbonyl (C=O) groups excluding carboxylic acids is 1. The molecule has 0 spiro atoms. The second-order valence-electron chi connectivity index (χ2n) is 8.73. The van der Waals surface area contributed by atoms with Crippen molar-refractivity contribution in [2.24, 2.45) is 0 Å². The lowest BCUT2D eigenvalue weighted by Gasteiger charge is -2.32. The standard InChI is InChI=1S/C27H28N4O2/c32-26(28-22-12-10-21(11-13-22)18-20-6-2-1-3-7-20)19-30-16-14-23(15-17-30)31-25-9-5-4-8-24(25)29-27(31)33/h1-13,23H,14-19H2,(H,28,32)(H,29,33). The summed E-state index contributed by atoms with van der Waals surface area (Å²) < 4.78 is 1.88. The zero-order valence-corrected chi connectivity index (χ0v) is 18.5. The first-order valence-corrected chi connectivity index (χ1v) is 11.5. The predicted octanol–water partition coefficient (Wildman–Crippen LogP) is 4.20. The molecule has 2 N–H and O–H groups in total. The van der Waals surface area contributed by atoms with Crippen LogP contribution in [0.1, 0.15) is 30.0 Å². The van der Waals surface area contributed by atoms with Gasteiger partial charge in [0.15, 0.2) is 0 Å². The molecule has 2 heterocycles. The molecule has 6 heteroatoms. The van der Waals surface area contributed by atoms with Gasteiger partial charge in [-0.25, -0.2) is 4.79 Å². The Kier molecular flexibility index (Phi) is 6.09. The summed E-state index contributed by atoms with van der Waals surface area (Å²) >= 11 is 0. The second kappa shape index (κ2) is 9.46. The van der Waals surface area contributed by atoms with Crippen molar-refractivity contribution in [3.8, 4) is 0 Å². The molecule has 0 atom stereocenters. The number of para-hydroxylation sites is 2. The number of carbonyl (C=O) groups is 1. The summed E-state index contributed by atoms with van der Waals surface area (Å²) in [7, 11) is 0. The maximum atomic E-state index is 12.6. The number of aromatic nitrogens is 2. The maximum Gasteiger partial charge on any atom is 0.326 e. The number of rotatable bonds is 6. The van der Waals surface area contributed by atoms with Gasteiger partial charge < -0.3 is 10.3 Å². The van der Waals surface area contributed by atoms with Gasteiger partial charge in [0.05, 0.1) is 17.6 Å². The second-order valence-corrected chi connectivity index (χ2v) is 8.73. The first kappa shape index (κ1) is 21.2. The van der Waals surface area contributed by atoms with Crippen molar-refractivity contribution in [3.05, 3.63) is 100 Å². The first-order chi connectivity index (χ1) is 16.2. The van der Waals surface area contributed by atoms with E-state index in [1.165, 1.54) is 11.1 Å². The summed E-state index contributed by atoms with van der Waals surface area (Å²) in [6.45, 7) is 1.95. The number of amides is 1. The van der Waals surface area contributed by atoms with Crippen LogP contribution in [0.25, 0.3) is 11.0 Å². The van der Waals surface area contributed by atoms with Crippen molar-refractivity contribution in [1.29, 1.82) is 0 Å². The number of imidazole rings is 1. The van der Waals surface area contributed by atoms with Crippen molar-refractivity contribution in [1.82, 2.24) is 14.5 Å². The number of hydrogen-bond donors (Lipinski definition) is 2. The number of benzene rings is 3. The topological polar surface area (TPSA) is 70.1 Å². The lowest BCUT2D eigenvalue weighted by Crippen LogP contribution is -2.40. The van der Waals surface area contributed by atoms with Gasteiger partial charge in [-0.05, 0) is 54.7 Å². The van der Waals surface area contributed by atoms with E-state index in [4.69, 9.17) is 0 Å². The molecule has 1 aromatic heterocycles. The fourth-order valence-corrected chi connectivity index (χ4v) is 4.71. The van der Waals surface area contributed by atoms with Gasteiger partial charge in [0.25, 0.3) is 0 Å². The van der Waals surface area contributed by atoms with E-state index in [1.807, 2.05) is 59.2 Å². The number of aromatic amines is 1. The van der Waals surface area contributed by atoms with Crippen LogP contribution >= 0.6 is 0 Å². The highest BCUT2D eigenvalue weighted by Crippen LogP contribution is 2.24. The van der Waals surface area contributed by atoms with Crippen LogP contribution in [0.15, 0.2) is 83.7 Å². The molecule has 0 bridgehead atoms. The van der Waals surface area contributed by atoms with Crippen molar-refractivity contribution in [2.75, 3.05) is 25.0 Å². The Morgan fingerprint density at radius 2 is 1.55 bits per heavy atom. The van der Waals surface area contributed by atoms with Gasteiger partial charge in [0.1, 0.15) is 0 Å². The highest BCUT2D eigenvalue weighted by Gasteiger charge is 2.24. The van der Waals surface area contributed by atoms with Gasteiger partial charge in [-0.1, -0.05) is 54.6 Å². The Bertz CT molecular complexity index is 1280. The Hall–Kier alpha value is -3.64. The van der Waals surface area contributed by atoms with E-state index in [2.05, 4.69) is 39.5 Å². The molecule has 33 heavy (non-hydrogen) atoms. The van der Waals surface area contributed by atoms with Crippen molar-refractivity contribution >= 4 is 22.6 Å². The monoisotopic (exact) mass is 440 g/mol. The zero-order chi connectivity index (χ0) is 22.6. The SMILES string of the molecule is O=C(CN1CCC(n2c(=O)[nH]c3ccccc32)CC1)Nc1ccc(Cc2ccccc2)cc1. The van der Waals surface area contributed by atoms with Crippen LogP contribution in [-0.4, -0.2) is 40.0 Å². The highest BCUT2D eigenvalue weighted by molar-refractivity contribution is 5.92. The Balaban J connectivity index is 1.13. The van der Waals surface area contributed by atoms with Crippen molar-refractivity contribution < 1.29 is 4.79 Å². The van der Waals surface area contributed by atoms with Crippen LogP contribution in [0.4, 0.5) is 5.69 Å². The van der Waals surface area contributed by atoms with Crippen molar-refractivity contribution in [2.45, 2.75) is 25.3 Å². The Labute approximate surface area is 192 Å². The number of hydrogen-bond acceptors (Lipinski definition) is 3. The molecule has 0 unspecified atom stereocenters. The number of piperidine rings is 1. The number of likely N-dealkylation sites (tertiary alicyclic amines) is 1. The summed E-state index contributed by atoms with van der Waals surface area (Å²) in [5.41, 5.74) is 5.08. The molecular formula is C27H28N4O2. The van der Waals surface area contributed by atoms with Gasteiger partial charge in [-0.3, -0.25) is 14.3 Å². The average Bonchev–Trinajstić information content (AvgIpc) is 3.17. The molecular weight excluding hydrogens is 412 g/mol. The predicted molar refractivity (Wildman–Crippen MR) is 132 cm³/mol. The molecule has 0 saturated carbocycles. The molecule has 1 aliphatic heterocycles. The molecule has 1 amide bonds. The van der Waals surface area contributed by atoms with Crippen LogP contribution in [0.3, 0.4) is 0 Å². The molecule has 5 rings (SSSR count). The minimum atomic E-state index is -0.0527. The van der Waals surface area contributed by atoms with Crippen LogP contribution in [0, 0.1) is 0 Å². The molecule has 1 aliphatic rings. The highest BCUT2D eigenvalue weighted by atomic mass is 16.2. The van der Waals surface area contributed by atoms with Gasteiger partial charge in [-0.2, -0.15) is 0 Å². The number of nitrogens with one attached hydrogen (secondary N) is 2. The summed E-state index contributed by atoms with van der Waals surface area (Å²) in [6, 6.07) is 26.4. The van der Waals surface area contributed by atoms with Crippen LogP contribution < -0.4 is 11.0 Å². The third-order valence-corrected chi connectivity index (χ3v) is 6.40. The number of H-pyrrole nitrogens is 1. The number of nitrogens with zero attached hydrogens (tertiary/aromatic N) is 2. The van der Waals surface area contributed by atoms with Crippen LogP contribution in [-0.2, 0) is 11.2 Å². The van der Waals surface area contributed by atoms with Gasteiger partial charge in [0, 0.05) is 24.8 Å². The number of fused-ring (bicyclic) bond motifs is 1. The van der Waals surface area contributed by atoms with E-state index in [0.29, 0.717) is 6.54 Å². The summed E-state index contributed by atoms with van der Waals surface area (Å²) in [6.07, 6.45) is 2.58.